The Balaban J connectivity index is 1.04. The Kier molecular flexibility index (Phi) is 15.8. The smallest absolute Gasteiger partial charge is 0.386 e. The zero-order chi connectivity index (χ0) is 44.0. The van der Waals surface area contributed by atoms with E-state index in [-0.39, 0.29) is 41.6 Å². The van der Waals surface area contributed by atoms with Crippen LogP contribution in [0.1, 0.15) is 60.8 Å². The predicted molar refractivity (Wildman–Crippen MR) is 210 cm³/mol. The van der Waals surface area contributed by atoms with Crippen molar-refractivity contribution in [2.45, 2.75) is 76.6 Å². The molecule has 2 unspecified atom stereocenters. The number of nitrogen functional groups attached to an aromatic ring is 1. The van der Waals surface area contributed by atoms with E-state index in [4.69, 9.17) is 19.5 Å². The van der Waals surface area contributed by atoms with Crippen molar-refractivity contribution < 1.29 is 80.5 Å². The van der Waals surface area contributed by atoms with Gasteiger partial charge in [0.15, 0.2) is 17.7 Å². The molecule has 0 radical (unpaired) electrons. The molecule has 2 aromatic heterocycles. The first-order chi connectivity index (χ1) is 28.1. The van der Waals surface area contributed by atoms with Crippen LogP contribution in [-0.4, -0.2) is 123 Å². The van der Waals surface area contributed by atoms with Crippen LogP contribution in [0.4, 0.5) is 5.82 Å². The van der Waals surface area contributed by atoms with Gasteiger partial charge < -0.3 is 50.9 Å². The third-order valence-electron chi connectivity index (χ3n) is 9.32. The number of nitrogens with zero attached hydrogens (tertiary/aromatic N) is 4. The summed E-state index contributed by atoms with van der Waals surface area (Å²) in [6.07, 6.45) is -2.74. The number of phosphoric ester groups is 3. The van der Waals surface area contributed by atoms with E-state index < -0.39 is 84.6 Å². The SMILES string of the molecule is CC(C)(COP(=O)(O)OP(=O)(O)OC[C@H]1O[C@@H](n2cnc3c(N)ncnc32)[C@H](O)[C@@H]1OP(=O)(O)O)[C@@H](O)C(=O)NCCC(=O)NCCSC(=O)c1ccc2c(c1)CCCC2. The lowest BCUT2D eigenvalue weighted by molar-refractivity contribution is -0.137. The average molecular weight is 926 g/mol. The van der Waals surface area contributed by atoms with Crippen molar-refractivity contribution in [3.8, 4) is 0 Å². The summed E-state index contributed by atoms with van der Waals surface area (Å²) in [6, 6.07) is 5.73. The highest BCUT2D eigenvalue weighted by Crippen LogP contribution is 2.61. The number of carbonyl (C=O) groups is 3. The van der Waals surface area contributed by atoms with Gasteiger partial charge in [0.2, 0.25) is 16.9 Å². The monoisotopic (exact) mass is 925 g/mol. The number of amides is 2. The van der Waals surface area contributed by atoms with E-state index in [1.54, 1.807) is 0 Å². The second-order valence-corrected chi connectivity index (χ2v) is 19.7. The van der Waals surface area contributed by atoms with Gasteiger partial charge in [0.1, 0.15) is 36.3 Å². The number of ether oxygens (including phenoxy) is 1. The number of nitrogens with one attached hydrogen (secondary N) is 2. The van der Waals surface area contributed by atoms with Gasteiger partial charge in [-0.15, -0.1) is 0 Å². The summed E-state index contributed by atoms with van der Waals surface area (Å²) in [4.78, 5) is 88.6. The van der Waals surface area contributed by atoms with Crippen molar-refractivity contribution in [3.63, 3.8) is 0 Å². The quantitative estimate of drug-likeness (QED) is 0.0560. The normalized spacial score (nSPS) is 22.1. The molecule has 28 heteroatoms. The van der Waals surface area contributed by atoms with E-state index in [1.165, 1.54) is 25.0 Å². The summed E-state index contributed by atoms with van der Waals surface area (Å²) in [7, 11) is -16.4. The maximum absolute atomic E-state index is 12.7. The molecule has 2 aliphatic rings. The number of carbonyl (C=O) groups excluding carboxylic acids is 3. The molecule has 1 aromatic carbocycles. The molecule has 0 saturated carbocycles. The fourth-order valence-corrected chi connectivity index (χ4v) is 9.73. The van der Waals surface area contributed by atoms with Crippen LogP contribution < -0.4 is 16.4 Å². The molecule has 1 aliphatic carbocycles. The number of aliphatic hydroxyl groups excluding tert-OH is 2. The van der Waals surface area contributed by atoms with Crippen LogP contribution in [0.5, 0.6) is 0 Å². The first kappa shape index (κ1) is 47.8. The van der Waals surface area contributed by atoms with Gasteiger partial charge in [0.25, 0.3) is 0 Å². The van der Waals surface area contributed by atoms with E-state index in [1.807, 2.05) is 18.2 Å². The number of phosphoric acid groups is 3. The number of benzene rings is 1. The lowest BCUT2D eigenvalue weighted by Gasteiger charge is -2.30. The minimum atomic E-state index is -5.58. The van der Waals surface area contributed by atoms with Crippen LogP contribution in [0.3, 0.4) is 0 Å². The maximum Gasteiger partial charge on any atom is 0.481 e. The Morgan fingerprint density at radius 3 is 2.43 bits per heavy atom. The molecule has 3 heterocycles. The van der Waals surface area contributed by atoms with Crippen LogP contribution in [-0.2, 0) is 58.7 Å². The molecule has 1 fully saturated rings. The number of hydrogen-bond donors (Lipinski definition) is 9. The van der Waals surface area contributed by atoms with E-state index in [0.29, 0.717) is 11.3 Å². The molecular formula is C32H46N7O17P3S. The second kappa shape index (κ2) is 19.9. The molecule has 2 amide bonds. The molecule has 5 rings (SSSR count). The average Bonchev–Trinajstić information content (AvgIpc) is 3.74. The van der Waals surface area contributed by atoms with Gasteiger partial charge in [-0.2, -0.15) is 4.31 Å². The highest BCUT2D eigenvalue weighted by Gasteiger charge is 2.50. The number of aliphatic hydroxyl groups is 2. The number of aryl methyl sites for hydroxylation is 2. The number of hydrogen-bond acceptors (Lipinski definition) is 18. The minimum Gasteiger partial charge on any atom is -0.386 e. The van der Waals surface area contributed by atoms with Gasteiger partial charge >= 0.3 is 23.5 Å². The Bertz CT molecular complexity index is 2190. The lowest BCUT2D eigenvalue weighted by atomic mass is 9.87. The zero-order valence-electron chi connectivity index (χ0n) is 32.1. The standard InChI is InChI=1S/C32H46N7O17P3S/c1-32(2,26(42)29(43)35-10-9-22(40)34-11-12-60-31(44)20-8-7-18-5-3-4-6-19(18)13-20)15-53-59(50,51)56-58(48,49)52-14-21-25(55-57(45,46)47)24(41)30(54-21)39-17-38-23-27(33)36-16-37-28(23)39/h7-8,13,16-17,21,24-26,30,41-42H,3-6,9-12,14-15H2,1-2H3,(H,34,40)(H,35,43)(H,48,49)(H,50,51)(H2,33,36,37)(H2,45,46,47)/t21-,24-,25-,26+,30-/m1/s1. The van der Waals surface area contributed by atoms with Crippen molar-refractivity contribution in [1.29, 1.82) is 0 Å². The topological polar surface area (TPSA) is 364 Å². The molecule has 60 heavy (non-hydrogen) atoms. The van der Waals surface area contributed by atoms with Crippen LogP contribution >= 0.6 is 35.2 Å². The Labute approximate surface area is 346 Å². The summed E-state index contributed by atoms with van der Waals surface area (Å²) < 4.78 is 62.3. The number of nitrogens with two attached hydrogens (primary N) is 1. The van der Waals surface area contributed by atoms with Crippen molar-refractivity contribution >= 4 is 69.1 Å². The zero-order valence-corrected chi connectivity index (χ0v) is 35.6. The molecule has 3 aromatic rings. The summed E-state index contributed by atoms with van der Waals surface area (Å²) in [5.74, 6) is -1.13. The number of rotatable bonds is 20. The highest BCUT2D eigenvalue weighted by molar-refractivity contribution is 8.14. The fraction of sp³-hybridized carbons (Fsp3) is 0.562. The van der Waals surface area contributed by atoms with E-state index in [0.717, 1.165) is 54.7 Å². The summed E-state index contributed by atoms with van der Waals surface area (Å²) >= 11 is 1.07. The van der Waals surface area contributed by atoms with Crippen molar-refractivity contribution in [2.24, 2.45) is 5.41 Å². The lowest BCUT2D eigenvalue weighted by Crippen LogP contribution is -2.46. The predicted octanol–water partition coefficient (Wildman–Crippen LogP) is 0.857. The van der Waals surface area contributed by atoms with Crippen LogP contribution in [0.25, 0.3) is 11.2 Å². The van der Waals surface area contributed by atoms with E-state index in [9.17, 15) is 57.9 Å². The first-order valence-corrected chi connectivity index (χ1v) is 23.7. The minimum absolute atomic E-state index is 0.0309. The van der Waals surface area contributed by atoms with Crippen LogP contribution in [0, 0.1) is 5.41 Å². The Morgan fingerprint density at radius 1 is 1.02 bits per heavy atom. The van der Waals surface area contributed by atoms with Crippen molar-refractivity contribution in [3.05, 3.63) is 47.5 Å². The van der Waals surface area contributed by atoms with Crippen LogP contribution in [0.2, 0.25) is 0 Å². The Hall–Kier alpha value is -3.22. The summed E-state index contributed by atoms with van der Waals surface area (Å²) in [5, 5.41) is 26.4. The molecule has 7 atom stereocenters. The van der Waals surface area contributed by atoms with E-state index >= 15 is 0 Å². The second-order valence-electron chi connectivity index (χ2n) is 14.4. The molecule has 1 saturated heterocycles. The number of imidazole rings is 1. The van der Waals surface area contributed by atoms with Crippen molar-refractivity contribution in [1.82, 2.24) is 30.2 Å². The first-order valence-electron chi connectivity index (χ1n) is 18.2. The molecular weight excluding hydrogens is 879 g/mol. The largest absolute Gasteiger partial charge is 0.481 e. The number of thioether (sulfide) groups is 1. The van der Waals surface area contributed by atoms with Gasteiger partial charge in [-0.25, -0.2) is 28.6 Å². The molecule has 0 spiro atoms. The molecule has 1 aliphatic heterocycles. The molecule has 332 valence electrons. The molecule has 24 nitrogen and oxygen atoms in total. The van der Waals surface area contributed by atoms with Crippen molar-refractivity contribution in [2.75, 3.05) is 37.8 Å². The number of aromatic nitrogens is 4. The van der Waals surface area contributed by atoms with Gasteiger partial charge in [0, 0.05) is 36.2 Å². The van der Waals surface area contributed by atoms with Gasteiger partial charge in [-0.05, 0) is 42.9 Å². The number of fused-ring (bicyclic) bond motifs is 2. The third-order valence-corrected chi connectivity index (χ3v) is 13.3. The van der Waals surface area contributed by atoms with E-state index in [2.05, 4.69) is 34.4 Å². The van der Waals surface area contributed by atoms with Gasteiger partial charge in [-0.1, -0.05) is 37.7 Å². The maximum atomic E-state index is 12.7. The van der Waals surface area contributed by atoms with Gasteiger partial charge in [0.05, 0.1) is 19.5 Å². The Morgan fingerprint density at radius 2 is 1.72 bits per heavy atom. The highest BCUT2D eigenvalue weighted by atomic mass is 32.2. The van der Waals surface area contributed by atoms with Gasteiger partial charge in [-0.3, -0.25) is 32.5 Å². The number of anilines is 1. The summed E-state index contributed by atoms with van der Waals surface area (Å²) in [5.41, 5.74) is 7.34. The summed E-state index contributed by atoms with van der Waals surface area (Å²) in [6.45, 7) is 0.487. The van der Waals surface area contributed by atoms with Crippen LogP contribution in [0.15, 0.2) is 30.9 Å². The third kappa shape index (κ3) is 12.9. The molecule has 0 bridgehead atoms. The fourth-order valence-electron chi connectivity index (χ4n) is 6.22. The molecule has 10 N–H and O–H groups in total.